The van der Waals surface area contributed by atoms with Crippen molar-refractivity contribution >= 4 is 5.95 Å². The molecule has 5 heteroatoms. The number of nitrogens with one attached hydrogen (secondary N) is 2. The summed E-state index contributed by atoms with van der Waals surface area (Å²) in [7, 11) is 1.58. The minimum Gasteiger partial charge on any atom is -0.378 e. The highest BCUT2D eigenvalue weighted by Crippen LogP contribution is 2.01. The minimum atomic E-state index is -0.150. The van der Waals surface area contributed by atoms with Gasteiger partial charge in [-0.25, -0.2) is 4.98 Å². The second kappa shape index (κ2) is 7.84. The van der Waals surface area contributed by atoms with Gasteiger partial charge in [0.25, 0.3) is 5.56 Å². The summed E-state index contributed by atoms with van der Waals surface area (Å²) in [6, 6.07) is 1.45. The van der Waals surface area contributed by atoms with E-state index >= 15 is 0 Å². The van der Waals surface area contributed by atoms with E-state index < -0.39 is 0 Å². The molecule has 0 aromatic carbocycles. The zero-order chi connectivity index (χ0) is 12.5. The van der Waals surface area contributed by atoms with Crippen molar-refractivity contribution in [3.8, 4) is 0 Å². The fourth-order valence-corrected chi connectivity index (χ4v) is 1.57. The summed E-state index contributed by atoms with van der Waals surface area (Å²) in [6.07, 6.45) is 4.76. The SMILES string of the molecule is CCCCCCNc1nc(COC)cc(=O)[nH]1. The minimum absolute atomic E-state index is 0.150. The number of ether oxygens (including phenoxy) is 1. The van der Waals surface area contributed by atoms with Crippen LogP contribution in [-0.4, -0.2) is 23.6 Å². The lowest BCUT2D eigenvalue weighted by atomic mass is 10.2. The van der Waals surface area contributed by atoms with Crippen LogP contribution < -0.4 is 10.9 Å². The number of rotatable bonds is 8. The molecule has 2 N–H and O–H groups in total. The predicted molar refractivity (Wildman–Crippen MR) is 68.2 cm³/mol. The number of anilines is 1. The van der Waals surface area contributed by atoms with Gasteiger partial charge in [0.2, 0.25) is 5.95 Å². The Morgan fingerprint density at radius 1 is 1.41 bits per heavy atom. The van der Waals surface area contributed by atoms with Gasteiger partial charge in [0.15, 0.2) is 0 Å². The van der Waals surface area contributed by atoms with E-state index in [4.69, 9.17) is 4.74 Å². The van der Waals surface area contributed by atoms with Crippen LogP contribution in [0.1, 0.15) is 38.3 Å². The van der Waals surface area contributed by atoms with Crippen molar-refractivity contribution in [2.75, 3.05) is 19.0 Å². The van der Waals surface area contributed by atoms with E-state index in [9.17, 15) is 4.79 Å². The number of H-pyrrole nitrogens is 1. The van der Waals surface area contributed by atoms with Crippen LogP contribution in [0.2, 0.25) is 0 Å². The fraction of sp³-hybridized carbons (Fsp3) is 0.667. The van der Waals surface area contributed by atoms with E-state index in [1.165, 1.54) is 25.3 Å². The zero-order valence-electron chi connectivity index (χ0n) is 10.6. The molecule has 1 heterocycles. The van der Waals surface area contributed by atoms with Crippen molar-refractivity contribution < 1.29 is 4.74 Å². The highest BCUT2D eigenvalue weighted by atomic mass is 16.5. The molecule has 0 fully saturated rings. The highest BCUT2D eigenvalue weighted by molar-refractivity contribution is 5.24. The summed E-state index contributed by atoms with van der Waals surface area (Å²) in [5.74, 6) is 0.529. The van der Waals surface area contributed by atoms with E-state index in [1.807, 2.05) is 0 Å². The van der Waals surface area contributed by atoms with Crippen LogP contribution in [0.15, 0.2) is 10.9 Å². The van der Waals surface area contributed by atoms with Crippen molar-refractivity contribution in [3.05, 3.63) is 22.1 Å². The van der Waals surface area contributed by atoms with Crippen molar-refractivity contribution in [1.82, 2.24) is 9.97 Å². The Labute approximate surface area is 102 Å². The van der Waals surface area contributed by atoms with Gasteiger partial charge in [0.1, 0.15) is 0 Å². The molecule has 1 rings (SSSR count). The second-order valence-electron chi connectivity index (χ2n) is 4.01. The molecule has 0 aliphatic rings. The number of unbranched alkanes of at least 4 members (excludes halogenated alkanes) is 3. The van der Waals surface area contributed by atoms with E-state index in [2.05, 4.69) is 22.2 Å². The molecule has 0 spiro atoms. The van der Waals surface area contributed by atoms with Gasteiger partial charge in [-0.05, 0) is 6.42 Å². The largest absolute Gasteiger partial charge is 0.378 e. The van der Waals surface area contributed by atoms with Crippen molar-refractivity contribution in [2.45, 2.75) is 39.2 Å². The van der Waals surface area contributed by atoms with Crippen LogP contribution in [0.5, 0.6) is 0 Å². The molecule has 1 aromatic rings. The van der Waals surface area contributed by atoms with Gasteiger partial charge in [-0.2, -0.15) is 0 Å². The second-order valence-corrected chi connectivity index (χ2v) is 4.01. The normalized spacial score (nSPS) is 10.5. The van der Waals surface area contributed by atoms with Crippen LogP contribution >= 0.6 is 0 Å². The average Bonchev–Trinajstić information content (AvgIpc) is 2.28. The third-order valence-electron chi connectivity index (χ3n) is 2.41. The first-order chi connectivity index (χ1) is 8.26. The first-order valence-electron chi connectivity index (χ1n) is 6.09. The summed E-state index contributed by atoms with van der Waals surface area (Å²) in [4.78, 5) is 18.2. The lowest BCUT2D eigenvalue weighted by Crippen LogP contribution is -2.15. The van der Waals surface area contributed by atoms with Gasteiger partial charge in [0, 0.05) is 19.7 Å². The van der Waals surface area contributed by atoms with Crippen LogP contribution in [0.4, 0.5) is 5.95 Å². The Bertz CT molecular complexity index is 376. The molecule has 0 bridgehead atoms. The maximum Gasteiger partial charge on any atom is 0.252 e. The molecule has 0 radical (unpaired) electrons. The molecule has 5 nitrogen and oxygen atoms in total. The molecular weight excluding hydrogens is 218 g/mol. The number of methoxy groups -OCH3 is 1. The van der Waals surface area contributed by atoms with E-state index in [-0.39, 0.29) is 5.56 Å². The molecule has 0 saturated carbocycles. The van der Waals surface area contributed by atoms with Gasteiger partial charge in [-0.15, -0.1) is 0 Å². The summed E-state index contributed by atoms with van der Waals surface area (Å²) < 4.78 is 4.95. The molecule has 1 aromatic heterocycles. The van der Waals surface area contributed by atoms with Crippen molar-refractivity contribution in [3.63, 3.8) is 0 Å². The Balaban J connectivity index is 2.44. The third kappa shape index (κ3) is 5.49. The first kappa shape index (κ1) is 13.7. The molecule has 0 aliphatic heterocycles. The topological polar surface area (TPSA) is 67.0 Å². The predicted octanol–water partition coefficient (Wildman–Crippen LogP) is 1.91. The van der Waals surface area contributed by atoms with Crippen LogP contribution in [0.25, 0.3) is 0 Å². The van der Waals surface area contributed by atoms with Gasteiger partial charge in [-0.1, -0.05) is 26.2 Å². The van der Waals surface area contributed by atoms with Crippen molar-refractivity contribution in [1.29, 1.82) is 0 Å². The summed E-state index contributed by atoms with van der Waals surface area (Å²) in [5, 5.41) is 3.12. The molecule has 0 saturated heterocycles. The van der Waals surface area contributed by atoms with E-state index in [1.54, 1.807) is 7.11 Å². The summed E-state index contributed by atoms with van der Waals surface area (Å²) in [6.45, 7) is 3.37. The third-order valence-corrected chi connectivity index (χ3v) is 2.41. The maximum absolute atomic E-state index is 11.3. The molecular formula is C12H21N3O2. The first-order valence-corrected chi connectivity index (χ1v) is 6.09. The number of aromatic amines is 1. The quantitative estimate of drug-likeness (QED) is 0.680. The number of nitrogens with zero attached hydrogens (tertiary/aromatic N) is 1. The fourth-order valence-electron chi connectivity index (χ4n) is 1.57. The number of hydrogen-bond acceptors (Lipinski definition) is 4. The van der Waals surface area contributed by atoms with Gasteiger partial charge in [-0.3, -0.25) is 9.78 Å². The van der Waals surface area contributed by atoms with Crippen LogP contribution in [0.3, 0.4) is 0 Å². The number of aromatic nitrogens is 2. The van der Waals surface area contributed by atoms with E-state index in [0.29, 0.717) is 18.2 Å². The van der Waals surface area contributed by atoms with E-state index in [0.717, 1.165) is 13.0 Å². The maximum atomic E-state index is 11.3. The summed E-state index contributed by atoms with van der Waals surface area (Å²) >= 11 is 0. The van der Waals surface area contributed by atoms with Crippen molar-refractivity contribution in [2.24, 2.45) is 0 Å². The Morgan fingerprint density at radius 2 is 2.24 bits per heavy atom. The van der Waals surface area contributed by atoms with Crippen LogP contribution in [-0.2, 0) is 11.3 Å². The lowest BCUT2D eigenvalue weighted by molar-refractivity contribution is 0.181. The van der Waals surface area contributed by atoms with Crippen LogP contribution in [0, 0.1) is 0 Å². The molecule has 0 aliphatic carbocycles. The standard InChI is InChI=1S/C12H21N3O2/c1-3-4-5-6-7-13-12-14-10(9-17-2)8-11(16)15-12/h8H,3-7,9H2,1-2H3,(H2,13,14,15,16). The Hall–Kier alpha value is -1.36. The number of hydrogen-bond donors (Lipinski definition) is 2. The Morgan fingerprint density at radius 3 is 2.94 bits per heavy atom. The monoisotopic (exact) mass is 239 g/mol. The lowest BCUT2D eigenvalue weighted by Gasteiger charge is -2.06. The van der Waals surface area contributed by atoms with Gasteiger partial charge < -0.3 is 10.1 Å². The van der Waals surface area contributed by atoms with Gasteiger partial charge >= 0.3 is 0 Å². The molecule has 0 unspecified atom stereocenters. The molecule has 17 heavy (non-hydrogen) atoms. The summed E-state index contributed by atoms with van der Waals surface area (Å²) in [5.41, 5.74) is 0.496. The van der Waals surface area contributed by atoms with Gasteiger partial charge in [0.05, 0.1) is 12.3 Å². The molecule has 0 amide bonds. The average molecular weight is 239 g/mol. The molecule has 96 valence electrons. The zero-order valence-corrected chi connectivity index (χ0v) is 10.6. The highest BCUT2D eigenvalue weighted by Gasteiger charge is 2.00. The molecule has 0 atom stereocenters. The smallest absolute Gasteiger partial charge is 0.252 e. The Kier molecular flexibility index (Phi) is 6.32.